The van der Waals surface area contributed by atoms with Gasteiger partial charge in [-0.15, -0.1) is 0 Å². The van der Waals surface area contributed by atoms with Gasteiger partial charge in [0.1, 0.15) is 29.0 Å². The van der Waals surface area contributed by atoms with E-state index in [4.69, 9.17) is 9.15 Å². The van der Waals surface area contributed by atoms with Gasteiger partial charge >= 0.3 is 5.97 Å². The summed E-state index contributed by atoms with van der Waals surface area (Å²) in [6, 6.07) is 7.91. The second-order valence-electron chi connectivity index (χ2n) is 6.28. The Morgan fingerprint density at radius 1 is 1.35 bits per heavy atom. The molecule has 1 aliphatic rings. The molecule has 1 atom stereocenters. The zero-order chi connectivity index (χ0) is 18.3. The number of esters is 1. The van der Waals surface area contributed by atoms with Crippen LogP contribution in [0.3, 0.4) is 0 Å². The van der Waals surface area contributed by atoms with Gasteiger partial charge in [0, 0.05) is 28.1 Å². The average Bonchev–Trinajstić information content (AvgIpc) is 3.23. The molecular formula is C20H17FO5. The molecule has 3 aromatic rings. The van der Waals surface area contributed by atoms with Crippen LogP contribution in [0.2, 0.25) is 0 Å². The molecule has 0 radical (unpaired) electrons. The zero-order valence-corrected chi connectivity index (χ0v) is 14.1. The van der Waals surface area contributed by atoms with Gasteiger partial charge in [-0.25, -0.2) is 4.39 Å². The van der Waals surface area contributed by atoms with Gasteiger partial charge in [0.15, 0.2) is 0 Å². The molecule has 0 spiro atoms. The molecule has 4 rings (SSSR count). The molecule has 1 N–H and O–H groups in total. The normalized spacial score (nSPS) is 15.8. The lowest BCUT2D eigenvalue weighted by molar-refractivity contribution is -0.139. The number of carbonyl (C=O) groups is 1. The number of phenols is 1. The molecule has 2 aromatic carbocycles. The van der Waals surface area contributed by atoms with Crippen LogP contribution in [0.5, 0.6) is 11.5 Å². The number of phenolic OH excluding ortho intramolecular Hbond substituents is 1. The van der Waals surface area contributed by atoms with E-state index in [0.717, 1.165) is 10.9 Å². The number of aromatic hydroxyl groups is 1. The van der Waals surface area contributed by atoms with Crippen molar-refractivity contribution in [2.45, 2.75) is 25.4 Å². The van der Waals surface area contributed by atoms with Crippen molar-refractivity contribution in [1.82, 2.24) is 0 Å². The van der Waals surface area contributed by atoms with Gasteiger partial charge in [-0.1, -0.05) is 0 Å². The summed E-state index contributed by atoms with van der Waals surface area (Å²) >= 11 is 0. The fraction of sp³-hybridized carbons (Fsp3) is 0.250. The fourth-order valence-corrected chi connectivity index (χ4v) is 3.44. The minimum Gasteiger partial charge on any atom is -0.508 e. The van der Waals surface area contributed by atoms with Crippen LogP contribution in [0.25, 0.3) is 11.0 Å². The Morgan fingerprint density at radius 3 is 3.00 bits per heavy atom. The molecule has 0 fully saturated rings. The number of methoxy groups -OCH3 is 1. The van der Waals surface area contributed by atoms with Crippen molar-refractivity contribution in [1.29, 1.82) is 0 Å². The van der Waals surface area contributed by atoms with Gasteiger partial charge in [-0.2, -0.15) is 0 Å². The highest BCUT2D eigenvalue weighted by Crippen LogP contribution is 2.41. The van der Waals surface area contributed by atoms with E-state index in [1.807, 2.05) is 0 Å². The van der Waals surface area contributed by atoms with E-state index in [1.54, 1.807) is 18.2 Å². The predicted octanol–water partition coefficient (Wildman–Crippen LogP) is 4.06. The van der Waals surface area contributed by atoms with Gasteiger partial charge in [-0.05, 0) is 37.1 Å². The summed E-state index contributed by atoms with van der Waals surface area (Å²) in [7, 11) is 1.34. The molecule has 6 heteroatoms. The first-order valence-corrected chi connectivity index (χ1v) is 8.30. The van der Waals surface area contributed by atoms with E-state index in [9.17, 15) is 14.3 Å². The lowest BCUT2D eigenvalue weighted by atomic mass is 10.1. The Hall–Kier alpha value is -3.02. The number of fused-ring (bicyclic) bond motifs is 2. The number of hydrogen-bond donors (Lipinski definition) is 1. The van der Waals surface area contributed by atoms with Crippen LogP contribution in [0.15, 0.2) is 41.0 Å². The van der Waals surface area contributed by atoms with Gasteiger partial charge in [0.05, 0.1) is 19.8 Å². The summed E-state index contributed by atoms with van der Waals surface area (Å²) < 4.78 is 30.3. The standard InChI is InChI=1S/C20H17FO5/c1-24-19(23)8-11-10-25-18-9-12(2-3-13(11)18)26-17-7-4-14-16(22)6-5-15(21)20(14)17/h2-3,5-6,9-10,17,22H,4,7-8H2,1H3. The van der Waals surface area contributed by atoms with Crippen LogP contribution in [-0.4, -0.2) is 18.2 Å². The molecule has 0 saturated heterocycles. The first-order chi connectivity index (χ1) is 12.6. The third-order valence-corrected chi connectivity index (χ3v) is 4.73. The Bertz CT molecular complexity index is 991. The maximum Gasteiger partial charge on any atom is 0.310 e. The maximum absolute atomic E-state index is 14.2. The number of ether oxygens (including phenoxy) is 2. The van der Waals surface area contributed by atoms with Crippen LogP contribution >= 0.6 is 0 Å². The van der Waals surface area contributed by atoms with E-state index in [2.05, 4.69) is 4.74 Å². The molecule has 1 aromatic heterocycles. The number of rotatable bonds is 4. The molecule has 0 amide bonds. The van der Waals surface area contributed by atoms with Crippen LogP contribution < -0.4 is 4.74 Å². The van der Waals surface area contributed by atoms with Crippen LogP contribution in [0.1, 0.15) is 29.2 Å². The smallest absolute Gasteiger partial charge is 0.310 e. The second kappa shape index (κ2) is 6.37. The number of hydrogen-bond acceptors (Lipinski definition) is 5. The van der Waals surface area contributed by atoms with E-state index in [-0.39, 0.29) is 24.0 Å². The van der Waals surface area contributed by atoms with Crippen molar-refractivity contribution in [3.05, 3.63) is 59.1 Å². The van der Waals surface area contributed by atoms with Crippen molar-refractivity contribution >= 4 is 16.9 Å². The minimum absolute atomic E-state index is 0.0986. The quantitative estimate of drug-likeness (QED) is 0.714. The molecule has 1 aliphatic carbocycles. The highest BCUT2D eigenvalue weighted by molar-refractivity contribution is 5.86. The van der Waals surface area contributed by atoms with Crippen molar-refractivity contribution in [2.75, 3.05) is 7.11 Å². The number of carbonyl (C=O) groups excluding carboxylic acids is 1. The third kappa shape index (κ3) is 2.77. The topological polar surface area (TPSA) is 68.9 Å². The summed E-state index contributed by atoms with van der Waals surface area (Å²) in [6.07, 6.45) is 2.35. The second-order valence-corrected chi connectivity index (χ2v) is 6.28. The first kappa shape index (κ1) is 16.4. The number of furan rings is 1. The van der Waals surface area contributed by atoms with Crippen LogP contribution in [0.4, 0.5) is 4.39 Å². The largest absolute Gasteiger partial charge is 0.508 e. The van der Waals surface area contributed by atoms with Crippen LogP contribution in [0, 0.1) is 5.82 Å². The van der Waals surface area contributed by atoms with Gasteiger partial charge < -0.3 is 19.0 Å². The molecule has 0 saturated carbocycles. The lowest BCUT2D eigenvalue weighted by Gasteiger charge is -2.15. The molecule has 134 valence electrons. The molecule has 0 aliphatic heterocycles. The third-order valence-electron chi connectivity index (χ3n) is 4.73. The predicted molar refractivity (Wildman–Crippen MR) is 91.7 cm³/mol. The zero-order valence-electron chi connectivity index (χ0n) is 14.1. The molecule has 1 unspecified atom stereocenters. The Kier molecular flexibility index (Phi) is 4.03. The van der Waals surface area contributed by atoms with Crippen molar-refractivity contribution in [3.8, 4) is 11.5 Å². The van der Waals surface area contributed by atoms with Gasteiger partial charge in [-0.3, -0.25) is 4.79 Å². The van der Waals surface area contributed by atoms with Crippen molar-refractivity contribution < 1.29 is 28.2 Å². The number of halogens is 1. The average molecular weight is 356 g/mol. The summed E-state index contributed by atoms with van der Waals surface area (Å²) in [5.74, 6) is -0.0795. The SMILES string of the molecule is COC(=O)Cc1coc2cc(OC3CCc4c(O)ccc(F)c43)ccc12. The monoisotopic (exact) mass is 356 g/mol. The van der Waals surface area contributed by atoms with Gasteiger partial charge in [0.25, 0.3) is 0 Å². The Balaban J connectivity index is 1.60. The highest BCUT2D eigenvalue weighted by Gasteiger charge is 2.30. The Morgan fingerprint density at radius 2 is 2.19 bits per heavy atom. The van der Waals surface area contributed by atoms with Crippen LogP contribution in [-0.2, 0) is 22.4 Å². The molecular weight excluding hydrogens is 339 g/mol. The Labute approximate surface area is 148 Å². The first-order valence-electron chi connectivity index (χ1n) is 8.30. The summed E-state index contributed by atoms with van der Waals surface area (Å²) in [5, 5.41) is 10.7. The van der Waals surface area contributed by atoms with Crippen molar-refractivity contribution in [3.63, 3.8) is 0 Å². The molecule has 26 heavy (non-hydrogen) atoms. The van der Waals surface area contributed by atoms with Gasteiger partial charge in [0.2, 0.25) is 0 Å². The summed E-state index contributed by atoms with van der Waals surface area (Å²) in [4.78, 5) is 11.5. The van der Waals surface area contributed by atoms with E-state index < -0.39 is 6.10 Å². The van der Waals surface area contributed by atoms with E-state index in [0.29, 0.717) is 35.3 Å². The molecule has 1 heterocycles. The molecule has 5 nitrogen and oxygen atoms in total. The maximum atomic E-state index is 14.2. The highest BCUT2D eigenvalue weighted by atomic mass is 19.1. The fourth-order valence-electron chi connectivity index (χ4n) is 3.44. The minimum atomic E-state index is -0.459. The number of benzene rings is 2. The summed E-state index contributed by atoms with van der Waals surface area (Å²) in [5.41, 5.74) is 2.34. The van der Waals surface area contributed by atoms with Crippen molar-refractivity contribution in [2.24, 2.45) is 0 Å². The lowest BCUT2D eigenvalue weighted by Crippen LogP contribution is -2.05. The summed E-state index contributed by atoms with van der Waals surface area (Å²) in [6.45, 7) is 0. The molecule has 0 bridgehead atoms. The van der Waals surface area contributed by atoms with E-state index in [1.165, 1.54) is 25.5 Å². The van der Waals surface area contributed by atoms with E-state index >= 15 is 0 Å².